The highest BCUT2D eigenvalue weighted by molar-refractivity contribution is 5.73. The molecule has 0 spiro atoms. The number of halogens is 3. The van der Waals surface area contributed by atoms with Crippen molar-refractivity contribution in [1.82, 2.24) is 19.6 Å². The Bertz CT molecular complexity index is 714. The van der Waals surface area contributed by atoms with Crippen LogP contribution in [0.2, 0.25) is 0 Å². The van der Waals surface area contributed by atoms with Crippen LogP contribution < -0.4 is 5.32 Å². The van der Waals surface area contributed by atoms with Crippen LogP contribution in [0.4, 0.5) is 18.0 Å². The molecule has 2 heterocycles. The Morgan fingerprint density at radius 2 is 2.21 bits per heavy atom. The van der Waals surface area contributed by atoms with E-state index in [9.17, 15) is 18.0 Å². The Morgan fingerprint density at radius 3 is 2.83 bits per heavy atom. The van der Waals surface area contributed by atoms with E-state index < -0.39 is 24.9 Å². The van der Waals surface area contributed by atoms with Gasteiger partial charge in [-0.2, -0.15) is 13.2 Å². The molecule has 0 aliphatic heterocycles. The summed E-state index contributed by atoms with van der Waals surface area (Å²) in [6, 6.07) is 3.16. The van der Waals surface area contributed by atoms with Gasteiger partial charge in [-0.25, -0.2) is 9.78 Å². The van der Waals surface area contributed by atoms with Crippen LogP contribution in [0.5, 0.6) is 0 Å². The van der Waals surface area contributed by atoms with Gasteiger partial charge in [0, 0.05) is 32.4 Å². The third-order valence-electron chi connectivity index (χ3n) is 3.56. The molecule has 0 saturated carbocycles. The second-order valence-electron chi connectivity index (χ2n) is 5.57. The minimum Gasteiger partial charge on any atom is -0.382 e. The maximum Gasteiger partial charge on any atom is 0.416 e. The van der Waals surface area contributed by atoms with Crippen molar-refractivity contribution in [2.75, 3.05) is 20.1 Å². The monoisotopic (exact) mass is 344 g/mol. The number of rotatable bonds is 5. The Balaban J connectivity index is 1.84. The summed E-state index contributed by atoms with van der Waals surface area (Å²) in [6.07, 6.45) is -3.16. The van der Waals surface area contributed by atoms with Crippen LogP contribution in [0.15, 0.2) is 24.5 Å². The molecule has 0 radical (unpaired) electrons. The lowest BCUT2D eigenvalue weighted by molar-refractivity contribution is -0.205. The lowest BCUT2D eigenvalue weighted by atomic mass is 10.3. The van der Waals surface area contributed by atoms with Gasteiger partial charge in [0.2, 0.25) is 0 Å². The molecule has 0 fully saturated rings. The molecule has 2 aromatic rings. The fraction of sp³-hybridized carbons (Fsp3) is 0.467. The van der Waals surface area contributed by atoms with E-state index in [4.69, 9.17) is 5.11 Å². The third kappa shape index (κ3) is 4.38. The van der Waals surface area contributed by atoms with E-state index in [1.807, 2.05) is 35.9 Å². The molecule has 2 N–H and O–H groups in total. The zero-order valence-electron chi connectivity index (χ0n) is 13.3. The number of amides is 2. The van der Waals surface area contributed by atoms with Gasteiger partial charge >= 0.3 is 12.2 Å². The largest absolute Gasteiger partial charge is 0.416 e. The number of fused-ring (bicyclic) bond motifs is 1. The summed E-state index contributed by atoms with van der Waals surface area (Å²) < 4.78 is 38.7. The quantitative estimate of drug-likeness (QED) is 0.868. The van der Waals surface area contributed by atoms with Crippen molar-refractivity contribution in [2.24, 2.45) is 0 Å². The van der Waals surface area contributed by atoms with Crippen molar-refractivity contribution in [3.63, 3.8) is 0 Å². The summed E-state index contributed by atoms with van der Waals surface area (Å²) in [4.78, 5) is 17.0. The molecule has 0 aliphatic carbocycles. The minimum absolute atomic E-state index is 0.230. The van der Waals surface area contributed by atoms with E-state index in [1.54, 1.807) is 0 Å². The number of carbonyl (C=O) groups excluding carboxylic acids is 1. The first-order valence-corrected chi connectivity index (χ1v) is 7.35. The molecule has 2 aromatic heterocycles. The van der Waals surface area contributed by atoms with Gasteiger partial charge in [0.25, 0.3) is 0 Å². The standard InChI is InChI=1S/C15H19F3N4O2/c1-10-4-3-7-22-8-11(20-13(10)22)5-6-19-14(24)21(2)9-12(23)15(16,17)18/h3-4,7-8,12,23H,5-6,9H2,1-2H3,(H,19,24). The fourth-order valence-corrected chi connectivity index (χ4v) is 2.20. The molecule has 24 heavy (non-hydrogen) atoms. The number of imidazole rings is 1. The number of alkyl halides is 3. The van der Waals surface area contributed by atoms with Crippen molar-refractivity contribution < 1.29 is 23.1 Å². The van der Waals surface area contributed by atoms with Gasteiger partial charge < -0.3 is 19.7 Å². The predicted molar refractivity (Wildman–Crippen MR) is 81.7 cm³/mol. The molecular weight excluding hydrogens is 325 g/mol. The van der Waals surface area contributed by atoms with Crippen LogP contribution in [-0.2, 0) is 6.42 Å². The molecule has 1 atom stereocenters. The van der Waals surface area contributed by atoms with E-state index in [0.717, 1.165) is 21.8 Å². The number of pyridine rings is 1. The Morgan fingerprint density at radius 1 is 1.50 bits per heavy atom. The van der Waals surface area contributed by atoms with E-state index >= 15 is 0 Å². The number of aliphatic hydroxyl groups is 1. The van der Waals surface area contributed by atoms with Crippen LogP contribution in [0, 0.1) is 6.92 Å². The molecule has 9 heteroatoms. The summed E-state index contributed by atoms with van der Waals surface area (Å²) in [5, 5.41) is 11.5. The van der Waals surface area contributed by atoms with Crippen LogP contribution in [0.25, 0.3) is 5.65 Å². The maximum absolute atomic E-state index is 12.3. The second-order valence-corrected chi connectivity index (χ2v) is 5.57. The molecule has 2 amide bonds. The van der Waals surface area contributed by atoms with E-state index in [1.165, 1.54) is 7.05 Å². The van der Waals surface area contributed by atoms with Gasteiger partial charge in [-0.3, -0.25) is 0 Å². The fourth-order valence-electron chi connectivity index (χ4n) is 2.20. The molecule has 0 saturated heterocycles. The van der Waals surface area contributed by atoms with Gasteiger partial charge in [0.15, 0.2) is 6.10 Å². The van der Waals surface area contributed by atoms with Gasteiger partial charge in [-0.05, 0) is 18.6 Å². The number of aryl methyl sites for hydroxylation is 1. The lowest BCUT2D eigenvalue weighted by Gasteiger charge is -2.22. The van der Waals surface area contributed by atoms with Gasteiger partial charge in [0.05, 0.1) is 12.2 Å². The first-order valence-electron chi connectivity index (χ1n) is 7.35. The number of hydrogen-bond donors (Lipinski definition) is 2. The second kappa shape index (κ2) is 7.08. The lowest BCUT2D eigenvalue weighted by Crippen LogP contribution is -2.45. The number of hydrogen-bond acceptors (Lipinski definition) is 3. The van der Waals surface area contributed by atoms with E-state index in [-0.39, 0.29) is 6.54 Å². The molecular formula is C15H19F3N4O2. The number of nitrogens with zero attached hydrogens (tertiary/aromatic N) is 3. The molecule has 1 unspecified atom stereocenters. The molecule has 6 nitrogen and oxygen atoms in total. The molecule has 2 rings (SSSR count). The van der Waals surface area contributed by atoms with Crippen LogP contribution in [0.3, 0.4) is 0 Å². The third-order valence-corrected chi connectivity index (χ3v) is 3.56. The number of aromatic nitrogens is 2. The highest BCUT2D eigenvalue weighted by atomic mass is 19.4. The molecule has 0 bridgehead atoms. The summed E-state index contributed by atoms with van der Waals surface area (Å²) in [5.74, 6) is 0. The minimum atomic E-state index is -4.75. The number of urea groups is 1. The normalized spacial score (nSPS) is 13.1. The SMILES string of the molecule is Cc1cccn2cc(CCNC(=O)N(C)CC(O)C(F)(F)F)nc12. The summed E-state index contributed by atoms with van der Waals surface area (Å²) in [7, 11) is 1.19. The highest BCUT2D eigenvalue weighted by Crippen LogP contribution is 2.20. The summed E-state index contributed by atoms with van der Waals surface area (Å²) >= 11 is 0. The summed E-state index contributed by atoms with van der Waals surface area (Å²) in [6.45, 7) is 1.35. The number of nitrogens with one attached hydrogen (secondary N) is 1. The Kier molecular flexibility index (Phi) is 5.33. The molecule has 132 valence electrons. The molecule has 0 aliphatic rings. The van der Waals surface area contributed by atoms with Crippen LogP contribution in [-0.4, -0.2) is 57.8 Å². The zero-order valence-corrected chi connectivity index (χ0v) is 13.3. The smallest absolute Gasteiger partial charge is 0.382 e. The number of likely N-dealkylation sites (N-methyl/N-ethyl adjacent to an activating group) is 1. The van der Waals surface area contributed by atoms with E-state index in [2.05, 4.69) is 10.3 Å². The van der Waals surface area contributed by atoms with Crippen molar-refractivity contribution in [3.8, 4) is 0 Å². The van der Waals surface area contributed by atoms with Crippen LogP contribution in [0.1, 0.15) is 11.3 Å². The van der Waals surface area contributed by atoms with Gasteiger partial charge in [-0.15, -0.1) is 0 Å². The van der Waals surface area contributed by atoms with Crippen LogP contribution >= 0.6 is 0 Å². The predicted octanol–water partition coefficient (Wildman–Crippen LogP) is 1.75. The average Bonchev–Trinajstić information content (AvgIpc) is 2.90. The van der Waals surface area contributed by atoms with Gasteiger partial charge in [0.1, 0.15) is 5.65 Å². The first-order chi connectivity index (χ1) is 11.2. The molecule has 0 aromatic carbocycles. The number of aliphatic hydroxyl groups excluding tert-OH is 1. The number of carbonyl (C=O) groups is 1. The van der Waals surface area contributed by atoms with Crippen molar-refractivity contribution in [3.05, 3.63) is 35.8 Å². The van der Waals surface area contributed by atoms with Crippen molar-refractivity contribution in [2.45, 2.75) is 25.6 Å². The van der Waals surface area contributed by atoms with E-state index in [0.29, 0.717) is 6.42 Å². The Hall–Kier alpha value is -2.29. The van der Waals surface area contributed by atoms with Gasteiger partial charge in [-0.1, -0.05) is 6.07 Å². The first kappa shape index (κ1) is 18.1. The van der Waals surface area contributed by atoms with Crippen molar-refractivity contribution >= 4 is 11.7 Å². The summed E-state index contributed by atoms with van der Waals surface area (Å²) in [5.41, 5.74) is 2.61. The zero-order chi connectivity index (χ0) is 17.9. The average molecular weight is 344 g/mol. The Labute approximate surface area is 136 Å². The van der Waals surface area contributed by atoms with Crippen molar-refractivity contribution in [1.29, 1.82) is 0 Å². The highest BCUT2D eigenvalue weighted by Gasteiger charge is 2.39. The topological polar surface area (TPSA) is 69.9 Å². The maximum atomic E-state index is 12.3.